The van der Waals surface area contributed by atoms with Crippen molar-refractivity contribution in [1.82, 2.24) is 0 Å². The maximum absolute atomic E-state index is 12.8. The third-order valence-corrected chi connectivity index (χ3v) is 3.94. The molecule has 2 aromatic carbocycles. The van der Waals surface area contributed by atoms with Crippen LogP contribution in [-0.2, 0) is 0 Å². The highest BCUT2D eigenvalue weighted by Gasteiger charge is 2.15. The average Bonchev–Trinajstić information content (AvgIpc) is 2.40. The zero-order chi connectivity index (χ0) is 13.8. The number of aryl methyl sites for hydroxylation is 1. The highest BCUT2D eigenvalue weighted by atomic mass is 35.5. The number of alkyl halides is 2. The molecule has 0 aliphatic heterocycles. The Hall–Kier alpha value is -1.05. The fraction of sp³-hybridized carbons (Fsp3) is 0.250. The van der Waals surface area contributed by atoms with E-state index in [1.54, 1.807) is 12.1 Å². The lowest BCUT2D eigenvalue weighted by Crippen LogP contribution is -1.97. The average molecular weight is 297 g/mol. The van der Waals surface area contributed by atoms with E-state index in [4.69, 9.17) is 23.2 Å². The van der Waals surface area contributed by atoms with Gasteiger partial charge in [0.05, 0.1) is 10.8 Å². The number of rotatable bonds is 4. The molecule has 0 aliphatic carbocycles. The van der Waals surface area contributed by atoms with Gasteiger partial charge < -0.3 is 0 Å². The molecule has 0 fully saturated rings. The van der Waals surface area contributed by atoms with Gasteiger partial charge in [-0.25, -0.2) is 4.39 Å². The predicted molar refractivity (Wildman–Crippen MR) is 79.4 cm³/mol. The lowest BCUT2D eigenvalue weighted by molar-refractivity contribution is 0.626. The second kappa shape index (κ2) is 6.40. The minimum Gasteiger partial charge on any atom is -0.207 e. The minimum atomic E-state index is -0.256. The van der Waals surface area contributed by atoms with Gasteiger partial charge in [0, 0.05) is 0 Å². The minimum absolute atomic E-state index is 0.145. The Morgan fingerprint density at radius 3 is 1.74 bits per heavy atom. The maximum Gasteiger partial charge on any atom is 0.123 e. The molecule has 0 radical (unpaired) electrons. The number of hydrogen-bond donors (Lipinski definition) is 0. The van der Waals surface area contributed by atoms with Crippen molar-refractivity contribution < 1.29 is 4.39 Å². The van der Waals surface area contributed by atoms with Gasteiger partial charge >= 0.3 is 0 Å². The fourth-order valence-corrected chi connectivity index (χ4v) is 2.64. The first-order valence-electron chi connectivity index (χ1n) is 6.16. The van der Waals surface area contributed by atoms with Crippen molar-refractivity contribution in [2.45, 2.75) is 24.1 Å². The van der Waals surface area contributed by atoms with Crippen LogP contribution in [0.15, 0.2) is 48.5 Å². The third kappa shape index (κ3) is 3.95. The van der Waals surface area contributed by atoms with Gasteiger partial charge in [-0.1, -0.05) is 42.0 Å². The summed E-state index contributed by atoms with van der Waals surface area (Å²) < 4.78 is 12.8. The highest BCUT2D eigenvalue weighted by molar-refractivity contribution is 6.23. The summed E-state index contributed by atoms with van der Waals surface area (Å²) in [6.07, 6.45) is 0.609. The van der Waals surface area contributed by atoms with Gasteiger partial charge in [0.1, 0.15) is 5.82 Å². The van der Waals surface area contributed by atoms with Crippen molar-refractivity contribution in [1.29, 1.82) is 0 Å². The van der Waals surface area contributed by atoms with Crippen molar-refractivity contribution >= 4 is 23.2 Å². The molecule has 0 bridgehead atoms. The molecule has 0 saturated heterocycles. The van der Waals surface area contributed by atoms with Crippen LogP contribution in [0.1, 0.15) is 33.9 Å². The molecule has 0 amide bonds. The Bertz CT molecular complexity index is 470. The number of hydrogen-bond acceptors (Lipinski definition) is 0. The number of halogens is 3. The summed E-state index contributed by atoms with van der Waals surface area (Å²) in [5.41, 5.74) is 3.15. The van der Waals surface area contributed by atoms with E-state index in [1.807, 2.05) is 31.2 Å². The molecule has 0 aromatic heterocycles. The van der Waals surface area contributed by atoms with Gasteiger partial charge in [0.15, 0.2) is 0 Å². The lowest BCUT2D eigenvalue weighted by Gasteiger charge is -2.15. The Morgan fingerprint density at radius 2 is 1.26 bits per heavy atom. The Kier molecular flexibility index (Phi) is 4.84. The van der Waals surface area contributed by atoms with Crippen LogP contribution in [-0.4, -0.2) is 0 Å². The SMILES string of the molecule is Cc1ccc(C(Cl)CC(Cl)c2ccc(F)cc2)cc1. The molecule has 0 saturated carbocycles. The van der Waals surface area contributed by atoms with E-state index < -0.39 is 0 Å². The van der Waals surface area contributed by atoms with Gasteiger partial charge in [-0.15, -0.1) is 23.2 Å². The predicted octanol–water partition coefficient (Wildman–Crippen LogP) is 5.78. The normalized spacial score (nSPS) is 14.1. The molecular weight excluding hydrogens is 282 g/mol. The zero-order valence-electron chi connectivity index (χ0n) is 10.6. The second-order valence-electron chi connectivity index (χ2n) is 4.63. The molecule has 0 N–H and O–H groups in total. The van der Waals surface area contributed by atoms with Crippen LogP contribution in [0.2, 0.25) is 0 Å². The molecule has 0 spiro atoms. The van der Waals surface area contributed by atoms with Gasteiger partial charge in [0.25, 0.3) is 0 Å². The third-order valence-electron chi connectivity index (χ3n) is 3.08. The quantitative estimate of drug-likeness (QED) is 0.627. The highest BCUT2D eigenvalue weighted by Crippen LogP contribution is 2.35. The Balaban J connectivity index is 2.03. The van der Waals surface area contributed by atoms with Crippen molar-refractivity contribution in [3.8, 4) is 0 Å². The second-order valence-corrected chi connectivity index (χ2v) is 5.69. The first kappa shape index (κ1) is 14.4. The number of benzene rings is 2. The van der Waals surface area contributed by atoms with Crippen molar-refractivity contribution in [2.24, 2.45) is 0 Å². The molecule has 0 nitrogen and oxygen atoms in total. The van der Waals surface area contributed by atoms with Crippen molar-refractivity contribution in [3.05, 3.63) is 71.0 Å². The van der Waals surface area contributed by atoms with Crippen LogP contribution in [0.3, 0.4) is 0 Å². The summed E-state index contributed by atoms with van der Waals surface area (Å²) in [5.74, 6) is -0.256. The Labute approximate surface area is 123 Å². The summed E-state index contributed by atoms with van der Waals surface area (Å²) in [6.45, 7) is 2.04. The largest absolute Gasteiger partial charge is 0.207 e. The molecule has 2 atom stereocenters. The fourth-order valence-electron chi connectivity index (χ4n) is 1.90. The molecule has 100 valence electrons. The summed E-state index contributed by atoms with van der Waals surface area (Å²) in [4.78, 5) is 0. The molecule has 0 aliphatic rings. The summed E-state index contributed by atoms with van der Waals surface area (Å²) in [7, 11) is 0. The first-order valence-corrected chi connectivity index (χ1v) is 7.03. The van der Waals surface area contributed by atoms with Crippen molar-refractivity contribution in [3.63, 3.8) is 0 Å². The van der Waals surface area contributed by atoms with E-state index in [-0.39, 0.29) is 16.6 Å². The van der Waals surface area contributed by atoms with E-state index in [0.717, 1.165) is 11.1 Å². The summed E-state index contributed by atoms with van der Waals surface area (Å²) in [6, 6.07) is 14.3. The van der Waals surface area contributed by atoms with Crippen LogP contribution in [0.4, 0.5) is 4.39 Å². The molecule has 2 unspecified atom stereocenters. The summed E-state index contributed by atoms with van der Waals surface area (Å²) >= 11 is 12.7. The van der Waals surface area contributed by atoms with Gasteiger partial charge in [-0.3, -0.25) is 0 Å². The summed E-state index contributed by atoms with van der Waals surface area (Å²) in [5, 5.41) is -0.363. The molecule has 2 aromatic rings. The smallest absolute Gasteiger partial charge is 0.123 e. The van der Waals surface area contributed by atoms with Crippen LogP contribution >= 0.6 is 23.2 Å². The Morgan fingerprint density at radius 1 is 0.842 bits per heavy atom. The molecule has 19 heavy (non-hydrogen) atoms. The van der Waals surface area contributed by atoms with Gasteiger partial charge in [-0.05, 0) is 36.6 Å². The topological polar surface area (TPSA) is 0 Å². The van der Waals surface area contributed by atoms with Gasteiger partial charge in [0.2, 0.25) is 0 Å². The van der Waals surface area contributed by atoms with Crippen LogP contribution < -0.4 is 0 Å². The van der Waals surface area contributed by atoms with E-state index in [9.17, 15) is 4.39 Å². The standard InChI is InChI=1S/C16H15Cl2F/c1-11-2-4-12(5-3-11)15(17)10-16(18)13-6-8-14(19)9-7-13/h2-9,15-16H,10H2,1H3. The van der Waals surface area contributed by atoms with E-state index in [0.29, 0.717) is 6.42 Å². The molecular formula is C16H15Cl2F. The van der Waals surface area contributed by atoms with E-state index in [2.05, 4.69) is 0 Å². The molecule has 0 heterocycles. The maximum atomic E-state index is 12.8. The van der Waals surface area contributed by atoms with Crippen LogP contribution in [0.25, 0.3) is 0 Å². The molecule has 2 rings (SSSR count). The van der Waals surface area contributed by atoms with Crippen LogP contribution in [0.5, 0.6) is 0 Å². The first-order chi connectivity index (χ1) is 9.06. The zero-order valence-corrected chi connectivity index (χ0v) is 12.1. The van der Waals surface area contributed by atoms with E-state index >= 15 is 0 Å². The van der Waals surface area contributed by atoms with Gasteiger partial charge in [-0.2, -0.15) is 0 Å². The monoisotopic (exact) mass is 296 g/mol. The lowest BCUT2D eigenvalue weighted by atomic mass is 10.0. The van der Waals surface area contributed by atoms with Crippen LogP contribution in [0, 0.1) is 12.7 Å². The van der Waals surface area contributed by atoms with E-state index in [1.165, 1.54) is 17.7 Å². The van der Waals surface area contributed by atoms with Crippen molar-refractivity contribution in [2.75, 3.05) is 0 Å². The molecule has 3 heteroatoms.